The topological polar surface area (TPSA) is 56.3 Å². The van der Waals surface area contributed by atoms with Crippen LogP contribution in [-0.2, 0) is 0 Å². The van der Waals surface area contributed by atoms with Gasteiger partial charge in [-0.15, -0.1) is 0 Å². The predicted octanol–water partition coefficient (Wildman–Crippen LogP) is 4.66. The van der Waals surface area contributed by atoms with Crippen molar-refractivity contribution < 1.29 is 4.39 Å². The lowest BCUT2D eigenvalue weighted by Crippen LogP contribution is -2.51. The van der Waals surface area contributed by atoms with Crippen LogP contribution in [0, 0.1) is 36.4 Å². The van der Waals surface area contributed by atoms with Gasteiger partial charge in [0.15, 0.2) is 11.6 Å². The van der Waals surface area contributed by atoms with Gasteiger partial charge in [0.05, 0.1) is 6.20 Å². The Morgan fingerprint density at radius 1 is 0.970 bits per heavy atom. The Balaban J connectivity index is 1.16. The lowest BCUT2D eigenvalue weighted by atomic mass is 9.54. The van der Waals surface area contributed by atoms with Crippen molar-refractivity contribution in [3.8, 4) is 0 Å². The molecule has 1 aromatic carbocycles. The fourth-order valence-electron chi connectivity index (χ4n) is 7.11. The summed E-state index contributed by atoms with van der Waals surface area (Å²) in [5.41, 5.74) is 3.43. The molecule has 7 rings (SSSR count). The van der Waals surface area contributed by atoms with Crippen LogP contribution in [0.5, 0.6) is 0 Å². The molecule has 1 aromatic heterocycles. The van der Waals surface area contributed by atoms with Crippen molar-refractivity contribution in [3.63, 3.8) is 0 Å². The van der Waals surface area contributed by atoms with Crippen LogP contribution >= 0.6 is 0 Å². The van der Waals surface area contributed by atoms with Crippen LogP contribution in [0.3, 0.4) is 0 Å². The van der Waals surface area contributed by atoms with E-state index in [1.165, 1.54) is 49.6 Å². The first-order chi connectivity index (χ1) is 16.0. The second-order valence-electron chi connectivity index (χ2n) is 10.9. The molecule has 33 heavy (non-hydrogen) atoms. The molecule has 1 saturated heterocycles. The van der Waals surface area contributed by atoms with Gasteiger partial charge in [0.2, 0.25) is 5.95 Å². The number of aryl methyl sites for hydroxylation is 1. The molecular formula is C26H35FN6. The molecule has 6 nitrogen and oxygen atoms in total. The van der Waals surface area contributed by atoms with E-state index >= 15 is 0 Å². The van der Waals surface area contributed by atoms with E-state index in [1.807, 2.05) is 0 Å². The molecule has 0 spiro atoms. The Bertz CT molecular complexity index is 990. The second-order valence-corrected chi connectivity index (χ2v) is 10.9. The summed E-state index contributed by atoms with van der Waals surface area (Å²) in [5.74, 6) is 3.54. The van der Waals surface area contributed by atoms with Crippen molar-refractivity contribution in [1.29, 1.82) is 0 Å². The van der Waals surface area contributed by atoms with E-state index in [-0.39, 0.29) is 5.82 Å². The standard InChI is InChI=1S/C26H35FN6/c1-16-9-21(3-4-23(16)33-7-5-32(2)6-8-33)29-26-28-15-22(27)25(31-26)30-24-19-11-17-10-18(13-19)14-20(24)12-17/h3-4,9,15,17-20,24H,5-8,10-14H2,1-2H3,(H2,28,29,30,31). The average molecular weight is 451 g/mol. The highest BCUT2D eigenvalue weighted by atomic mass is 19.1. The van der Waals surface area contributed by atoms with Crippen LogP contribution in [0.25, 0.3) is 0 Å². The van der Waals surface area contributed by atoms with E-state index in [2.05, 4.69) is 62.6 Å². The van der Waals surface area contributed by atoms with Crippen LogP contribution in [0.15, 0.2) is 24.4 Å². The molecule has 4 bridgehead atoms. The van der Waals surface area contributed by atoms with Crippen LogP contribution < -0.4 is 15.5 Å². The van der Waals surface area contributed by atoms with Crippen LogP contribution in [-0.4, -0.2) is 54.1 Å². The van der Waals surface area contributed by atoms with E-state index in [1.54, 1.807) is 0 Å². The summed E-state index contributed by atoms with van der Waals surface area (Å²) in [6, 6.07) is 6.71. The molecule has 176 valence electrons. The highest BCUT2D eigenvalue weighted by molar-refractivity contribution is 5.64. The van der Waals surface area contributed by atoms with Crippen molar-refractivity contribution in [3.05, 3.63) is 35.8 Å². The summed E-state index contributed by atoms with van der Waals surface area (Å²) < 4.78 is 14.7. The third kappa shape index (κ3) is 4.16. The van der Waals surface area contributed by atoms with Gasteiger partial charge in [-0.25, -0.2) is 9.37 Å². The smallest absolute Gasteiger partial charge is 0.229 e. The zero-order valence-corrected chi connectivity index (χ0v) is 19.7. The molecule has 0 unspecified atom stereocenters. The predicted molar refractivity (Wildman–Crippen MR) is 131 cm³/mol. The summed E-state index contributed by atoms with van der Waals surface area (Å²) in [6.07, 6.45) is 7.88. The largest absolute Gasteiger partial charge is 0.369 e. The van der Waals surface area contributed by atoms with Crippen LogP contribution in [0.4, 0.5) is 27.5 Å². The van der Waals surface area contributed by atoms with Gasteiger partial charge in [-0.2, -0.15) is 4.98 Å². The molecule has 7 heteroatoms. The summed E-state index contributed by atoms with van der Waals surface area (Å²) >= 11 is 0. The van der Waals surface area contributed by atoms with Gasteiger partial charge in [-0.05, 0) is 93.5 Å². The molecule has 5 fully saturated rings. The fourth-order valence-corrected chi connectivity index (χ4v) is 7.11. The number of hydrogen-bond acceptors (Lipinski definition) is 6. The Labute approximate surface area is 196 Å². The first-order valence-corrected chi connectivity index (χ1v) is 12.6. The van der Waals surface area contributed by atoms with Crippen LogP contribution in [0.2, 0.25) is 0 Å². The Kier molecular flexibility index (Phi) is 5.40. The quantitative estimate of drug-likeness (QED) is 0.691. The molecule has 2 N–H and O–H groups in total. The van der Waals surface area contributed by atoms with Crippen molar-refractivity contribution in [1.82, 2.24) is 14.9 Å². The molecule has 0 amide bonds. The van der Waals surface area contributed by atoms with E-state index in [0.717, 1.165) is 43.7 Å². The minimum atomic E-state index is -0.365. The van der Waals surface area contributed by atoms with Crippen LogP contribution in [0.1, 0.15) is 37.7 Å². The van der Waals surface area contributed by atoms with Gasteiger partial charge in [-0.3, -0.25) is 0 Å². The molecule has 1 aliphatic heterocycles. The van der Waals surface area contributed by atoms with Gasteiger partial charge in [0.1, 0.15) is 0 Å². The number of hydrogen-bond donors (Lipinski definition) is 2. The summed E-state index contributed by atoms with van der Waals surface area (Å²) in [6.45, 7) is 6.41. The molecule has 2 aromatic rings. The maximum absolute atomic E-state index is 14.7. The zero-order chi connectivity index (χ0) is 22.5. The van der Waals surface area contributed by atoms with Gasteiger partial charge < -0.3 is 20.4 Å². The molecule has 0 radical (unpaired) electrons. The SMILES string of the molecule is Cc1cc(Nc2ncc(F)c(NC3C4CC5CC(C4)CC3C5)n2)ccc1N1CCN(C)CC1. The summed E-state index contributed by atoms with van der Waals surface area (Å²) in [4.78, 5) is 13.6. The van der Waals surface area contributed by atoms with E-state index in [0.29, 0.717) is 29.6 Å². The normalized spacial score (nSPS) is 31.1. The molecule has 2 heterocycles. The third-order valence-electron chi connectivity index (χ3n) is 8.57. The van der Waals surface area contributed by atoms with Crippen molar-refractivity contribution in [2.24, 2.45) is 23.7 Å². The molecular weight excluding hydrogens is 415 g/mol. The maximum Gasteiger partial charge on any atom is 0.229 e. The molecule has 0 atom stereocenters. The van der Waals surface area contributed by atoms with Crippen molar-refractivity contribution in [2.75, 3.05) is 48.8 Å². The fraction of sp³-hybridized carbons (Fsp3) is 0.615. The van der Waals surface area contributed by atoms with E-state index < -0.39 is 0 Å². The van der Waals surface area contributed by atoms with Crippen molar-refractivity contribution >= 4 is 23.1 Å². The lowest BCUT2D eigenvalue weighted by molar-refractivity contribution is 0.00731. The number of rotatable bonds is 5. The number of likely N-dealkylation sites (N-methyl/N-ethyl adjacent to an activating group) is 1. The molecule has 5 aliphatic rings. The number of nitrogens with zero attached hydrogens (tertiary/aromatic N) is 4. The second kappa shape index (κ2) is 8.42. The third-order valence-corrected chi connectivity index (χ3v) is 8.57. The Morgan fingerprint density at radius 2 is 1.67 bits per heavy atom. The number of halogens is 1. The van der Waals surface area contributed by atoms with Crippen molar-refractivity contribution in [2.45, 2.75) is 45.1 Å². The number of nitrogens with one attached hydrogen (secondary N) is 2. The Hall–Kier alpha value is -2.41. The number of aromatic nitrogens is 2. The maximum atomic E-state index is 14.7. The highest BCUT2D eigenvalue weighted by Gasteiger charge is 2.48. The summed E-state index contributed by atoms with van der Waals surface area (Å²) in [7, 11) is 2.17. The first-order valence-electron chi connectivity index (χ1n) is 12.6. The minimum Gasteiger partial charge on any atom is -0.369 e. The highest BCUT2D eigenvalue weighted by Crippen LogP contribution is 2.54. The lowest BCUT2D eigenvalue weighted by Gasteiger charge is -2.54. The molecule has 4 aliphatic carbocycles. The van der Waals surface area contributed by atoms with Gasteiger partial charge in [-0.1, -0.05) is 0 Å². The zero-order valence-electron chi connectivity index (χ0n) is 19.7. The number of piperazine rings is 1. The van der Waals surface area contributed by atoms with E-state index in [9.17, 15) is 4.39 Å². The monoisotopic (exact) mass is 450 g/mol. The van der Waals surface area contributed by atoms with Gasteiger partial charge in [0.25, 0.3) is 0 Å². The first kappa shape index (κ1) is 21.1. The van der Waals surface area contributed by atoms with E-state index in [4.69, 9.17) is 0 Å². The number of anilines is 4. The van der Waals surface area contributed by atoms with Gasteiger partial charge in [0, 0.05) is 43.6 Å². The molecule has 4 saturated carbocycles. The Morgan fingerprint density at radius 3 is 2.33 bits per heavy atom. The minimum absolute atomic E-state index is 0.343. The average Bonchev–Trinajstić information content (AvgIpc) is 2.79. The number of benzene rings is 1. The van der Waals surface area contributed by atoms with Gasteiger partial charge >= 0.3 is 0 Å². The summed E-state index contributed by atoms with van der Waals surface area (Å²) in [5, 5.41) is 6.80.